The number of anilines is 1. The van der Waals surface area contributed by atoms with E-state index in [1.807, 2.05) is 0 Å². The van der Waals surface area contributed by atoms with Crippen molar-refractivity contribution >= 4 is 55.2 Å². The molecule has 14 heteroatoms. The molecule has 1 atom stereocenters. The Hall–Kier alpha value is -1.44. The first-order valence-electron chi connectivity index (χ1n) is 9.45. The minimum absolute atomic E-state index is 0.0100. The van der Waals surface area contributed by atoms with Gasteiger partial charge >= 0.3 is 6.18 Å². The summed E-state index contributed by atoms with van der Waals surface area (Å²) in [4.78, 5) is 17.5. The van der Waals surface area contributed by atoms with Crippen LogP contribution >= 0.6 is 34.3 Å². The minimum atomic E-state index is -4.56. The summed E-state index contributed by atoms with van der Waals surface area (Å²) in [6.07, 6.45) is -4.00. The van der Waals surface area contributed by atoms with E-state index in [2.05, 4.69) is 10.2 Å². The highest BCUT2D eigenvalue weighted by Crippen LogP contribution is 2.39. The lowest BCUT2D eigenvalue weighted by Gasteiger charge is -2.42. The molecule has 0 radical (unpaired) electrons. The van der Waals surface area contributed by atoms with Gasteiger partial charge in [0, 0.05) is 30.4 Å². The molecule has 1 amide bonds. The zero-order chi connectivity index (χ0) is 22.4. The molecule has 0 saturated carbocycles. The van der Waals surface area contributed by atoms with Crippen molar-refractivity contribution in [3.05, 3.63) is 26.4 Å². The Kier molecular flexibility index (Phi) is 6.23. The molecule has 2 fully saturated rings. The third-order valence-corrected chi connectivity index (χ3v) is 9.49. The Balaban J connectivity index is 1.56. The maximum Gasteiger partial charge on any atom is 0.445 e. The van der Waals surface area contributed by atoms with E-state index in [0.717, 1.165) is 4.88 Å². The lowest BCUT2D eigenvalue weighted by atomic mass is 9.98. The van der Waals surface area contributed by atoms with Gasteiger partial charge in [0.05, 0.1) is 21.9 Å². The number of hydrogen-bond acceptors (Lipinski definition) is 8. The van der Waals surface area contributed by atoms with Crippen molar-refractivity contribution < 1.29 is 26.4 Å². The van der Waals surface area contributed by atoms with E-state index in [0.29, 0.717) is 22.2 Å². The highest BCUT2D eigenvalue weighted by atomic mass is 35.5. The number of aromatic nitrogens is 2. The van der Waals surface area contributed by atoms with Gasteiger partial charge in [-0.25, -0.2) is 8.42 Å². The summed E-state index contributed by atoms with van der Waals surface area (Å²) in [6.45, 7) is 0.835. The first-order chi connectivity index (χ1) is 14.5. The van der Waals surface area contributed by atoms with E-state index >= 15 is 0 Å². The molecule has 0 spiro atoms. The number of rotatable bonds is 3. The zero-order valence-corrected chi connectivity index (χ0v) is 19.2. The van der Waals surface area contributed by atoms with Gasteiger partial charge in [-0.2, -0.15) is 13.2 Å². The molecule has 0 aromatic carbocycles. The largest absolute Gasteiger partial charge is 0.445 e. The molecule has 2 aliphatic rings. The Morgan fingerprint density at radius 2 is 1.84 bits per heavy atom. The molecule has 0 aliphatic carbocycles. The Morgan fingerprint density at radius 1 is 1.13 bits per heavy atom. The Labute approximate surface area is 189 Å². The molecule has 31 heavy (non-hydrogen) atoms. The van der Waals surface area contributed by atoms with E-state index in [4.69, 9.17) is 11.6 Å². The van der Waals surface area contributed by atoms with E-state index in [9.17, 15) is 26.4 Å². The van der Waals surface area contributed by atoms with Crippen LogP contribution in [0.15, 0.2) is 12.1 Å². The van der Waals surface area contributed by atoms with E-state index in [1.165, 1.54) is 11.3 Å². The molecule has 2 aliphatic heterocycles. The van der Waals surface area contributed by atoms with Gasteiger partial charge in [0.1, 0.15) is 9.84 Å². The number of halogens is 4. The number of carbonyl (C=O) groups is 1. The van der Waals surface area contributed by atoms with Crippen LogP contribution in [0.3, 0.4) is 0 Å². The summed E-state index contributed by atoms with van der Waals surface area (Å²) in [5.41, 5.74) is 0. The third-order valence-electron chi connectivity index (χ3n) is 5.42. The van der Waals surface area contributed by atoms with Crippen LogP contribution < -0.4 is 4.90 Å². The second kappa shape index (κ2) is 8.49. The summed E-state index contributed by atoms with van der Waals surface area (Å²) in [5.74, 6) is -0.531. The lowest BCUT2D eigenvalue weighted by molar-refractivity contribution is -0.139. The van der Waals surface area contributed by atoms with Crippen LogP contribution in [0.2, 0.25) is 4.34 Å². The Morgan fingerprint density at radius 3 is 2.42 bits per heavy atom. The van der Waals surface area contributed by atoms with Gasteiger partial charge in [-0.15, -0.1) is 21.5 Å². The predicted octanol–water partition coefficient (Wildman–Crippen LogP) is 3.49. The number of amides is 1. The first-order valence-corrected chi connectivity index (χ1v) is 13.3. The maximum absolute atomic E-state index is 13.2. The van der Waals surface area contributed by atoms with Gasteiger partial charge < -0.3 is 9.80 Å². The summed E-state index contributed by atoms with van der Waals surface area (Å²) < 4.78 is 62.7. The lowest BCUT2D eigenvalue weighted by Crippen LogP contribution is -2.52. The number of thiophene rings is 1. The number of nitrogens with zero attached hydrogens (tertiary/aromatic N) is 4. The van der Waals surface area contributed by atoms with Crippen molar-refractivity contribution in [2.75, 3.05) is 36.0 Å². The van der Waals surface area contributed by atoms with Crippen LogP contribution in [0.25, 0.3) is 0 Å². The number of sulfone groups is 1. The number of piperazine rings is 1. The zero-order valence-electron chi connectivity index (χ0n) is 16.0. The van der Waals surface area contributed by atoms with Gasteiger partial charge in [-0.1, -0.05) is 22.9 Å². The molecule has 170 valence electrons. The van der Waals surface area contributed by atoms with Crippen LogP contribution in [0, 0.1) is 5.92 Å². The molecule has 0 N–H and O–H groups in total. The summed E-state index contributed by atoms with van der Waals surface area (Å²) in [5, 5.41) is 6.08. The van der Waals surface area contributed by atoms with Gasteiger partial charge in [0.2, 0.25) is 16.0 Å². The third kappa shape index (κ3) is 4.99. The van der Waals surface area contributed by atoms with E-state index in [-0.39, 0.29) is 54.4 Å². The second-order valence-corrected chi connectivity index (χ2v) is 12.5. The molecular formula is C17H18ClF3N4O3S3. The fraction of sp³-hybridized carbons (Fsp3) is 0.588. The number of alkyl halides is 3. The van der Waals surface area contributed by atoms with Gasteiger partial charge in [-0.05, 0) is 25.0 Å². The SMILES string of the molecule is O=C(C1CCS(=O)(=O)CC1)N1CCN(c2nnc(C(F)(F)F)s2)CC1c1ccc(Cl)s1. The molecule has 2 aromatic rings. The van der Waals surface area contributed by atoms with Crippen molar-refractivity contribution in [1.82, 2.24) is 15.1 Å². The molecule has 2 aromatic heterocycles. The van der Waals surface area contributed by atoms with Crippen molar-refractivity contribution in [3.63, 3.8) is 0 Å². The molecule has 0 bridgehead atoms. The number of carbonyl (C=O) groups excluding carboxylic acids is 1. The smallest absolute Gasteiger partial charge is 0.342 e. The first kappa shape index (κ1) is 22.7. The van der Waals surface area contributed by atoms with Gasteiger partial charge in [-0.3, -0.25) is 4.79 Å². The average Bonchev–Trinajstić information content (AvgIpc) is 3.36. The van der Waals surface area contributed by atoms with E-state index in [1.54, 1.807) is 21.9 Å². The Bertz CT molecular complexity index is 1060. The minimum Gasteiger partial charge on any atom is -0.342 e. The second-order valence-electron chi connectivity index (χ2n) is 7.45. The van der Waals surface area contributed by atoms with Crippen LogP contribution in [0.4, 0.5) is 18.3 Å². The van der Waals surface area contributed by atoms with Crippen molar-refractivity contribution in [1.29, 1.82) is 0 Å². The van der Waals surface area contributed by atoms with Crippen LogP contribution in [0.5, 0.6) is 0 Å². The fourth-order valence-electron chi connectivity index (χ4n) is 3.80. The average molecular weight is 515 g/mol. The summed E-state index contributed by atoms with van der Waals surface area (Å²) >= 11 is 7.86. The quantitative estimate of drug-likeness (QED) is 0.623. The molecule has 4 rings (SSSR count). The normalized spacial score (nSPS) is 22.6. The molecular weight excluding hydrogens is 497 g/mol. The van der Waals surface area contributed by atoms with Crippen LogP contribution in [-0.2, 0) is 20.8 Å². The van der Waals surface area contributed by atoms with E-state index < -0.39 is 27.1 Å². The highest BCUT2D eigenvalue weighted by Gasteiger charge is 2.40. The van der Waals surface area contributed by atoms with Crippen LogP contribution in [-0.4, -0.2) is 60.6 Å². The van der Waals surface area contributed by atoms with Gasteiger partial charge in [0.25, 0.3) is 0 Å². The van der Waals surface area contributed by atoms with Crippen molar-refractivity contribution in [2.24, 2.45) is 5.92 Å². The monoisotopic (exact) mass is 514 g/mol. The molecule has 4 heterocycles. The van der Waals surface area contributed by atoms with Crippen molar-refractivity contribution in [3.8, 4) is 0 Å². The molecule has 7 nitrogen and oxygen atoms in total. The standard InChI is InChI=1S/C17H18ClF3N4O3S3/c18-13-2-1-12(29-13)11-9-24(16-23-22-15(30-16)17(19,20)21)5-6-25(11)14(26)10-3-7-31(27,28)8-4-10/h1-2,10-11H,3-9H2. The molecule has 1 unspecified atom stereocenters. The maximum atomic E-state index is 13.2. The van der Waals surface area contributed by atoms with Crippen LogP contribution in [0.1, 0.15) is 28.8 Å². The summed E-state index contributed by atoms with van der Waals surface area (Å²) in [6, 6.07) is 3.09. The number of hydrogen-bond donors (Lipinski definition) is 0. The van der Waals surface area contributed by atoms with Gasteiger partial charge in [0.15, 0.2) is 0 Å². The predicted molar refractivity (Wildman–Crippen MR) is 112 cm³/mol. The fourth-order valence-corrected chi connectivity index (χ4v) is 7.20. The topological polar surface area (TPSA) is 83.5 Å². The van der Waals surface area contributed by atoms with Crippen molar-refractivity contribution in [2.45, 2.75) is 25.1 Å². The summed E-state index contributed by atoms with van der Waals surface area (Å²) in [7, 11) is -3.10. The highest BCUT2D eigenvalue weighted by molar-refractivity contribution is 7.91. The molecule has 2 saturated heterocycles.